The predicted molar refractivity (Wildman–Crippen MR) is 80.8 cm³/mol. The molecule has 1 aromatic heterocycles. The van der Waals surface area contributed by atoms with Gasteiger partial charge in [0.15, 0.2) is 0 Å². The average Bonchev–Trinajstić information content (AvgIpc) is 2.78. The lowest BCUT2D eigenvalue weighted by molar-refractivity contribution is 0.406. The van der Waals surface area contributed by atoms with Crippen LogP contribution < -0.4 is 4.74 Å². The molecule has 1 unspecified atom stereocenters. The smallest absolute Gasteiger partial charge is 0.141 e. The minimum absolute atomic E-state index is 0.0816. The third kappa shape index (κ3) is 2.90. The highest BCUT2D eigenvalue weighted by molar-refractivity contribution is 9.10. The van der Waals surface area contributed by atoms with Crippen molar-refractivity contribution in [1.82, 2.24) is 0 Å². The number of alkyl halides is 1. The van der Waals surface area contributed by atoms with Gasteiger partial charge in [0.2, 0.25) is 0 Å². The van der Waals surface area contributed by atoms with E-state index in [1.165, 1.54) is 24.5 Å². The molecule has 0 aliphatic carbocycles. The van der Waals surface area contributed by atoms with Crippen molar-refractivity contribution >= 4 is 54.8 Å². The SMILES string of the molecule is COc1cc(F)c(Br)cc1C(Br)c1ccc(Cl)s1. The fourth-order valence-corrected chi connectivity index (χ4v) is 3.75. The lowest BCUT2D eigenvalue weighted by Crippen LogP contribution is -1.97. The third-order valence-corrected chi connectivity index (χ3v) is 5.58. The molecule has 0 aliphatic heterocycles. The van der Waals surface area contributed by atoms with E-state index in [0.29, 0.717) is 10.2 Å². The van der Waals surface area contributed by atoms with Crippen molar-refractivity contribution in [3.8, 4) is 5.75 Å². The lowest BCUT2D eigenvalue weighted by atomic mass is 10.1. The number of halogens is 4. The Kier molecular flexibility index (Phi) is 4.69. The van der Waals surface area contributed by atoms with E-state index in [4.69, 9.17) is 16.3 Å². The van der Waals surface area contributed by atoms with Crippen LogP contribution in [0.4, 0.5) is 4.39 Å². The van der Waals surface area contributed by atoms with Crippen LogP contribution in [0.25, 0.3) is 0 Å². The van der Waals surface area contributed by atoms with Gasteiger partial charge in [-0.3, -0.25) is 0 Å². The van der Waals surface area contributed by atoms with Gasteiger partial charge in [0.05, 0.1) is 20.7 Å². The van der Waals surface area contributed by atoms with Gasteiger partial charge >= 0.3 is 0 Å². The lowest BCUT2D eigenvalue weighted by Gasteiger charge is -2.14. The van der Waals surface area contributed by atoms with Crippen molar-refractivity contribution in [3.63, 3.8) is 0 Å². The maximum Gasteiger partial charge on any atom is 0.141 e. The zero-order valence-electron chi connectivity index (χ0n) is 9.22. The fraction of sp³-hybridized carbons (Fsp3) is 0.167. The van der Waals surface area contributed by atoms with Crippen molar-refractivity contribution in [2.45, 2.75) is 4.83 Å². The van der Waals surface area contributed by atoms with Crippen LogP contribution in [0.15, 0.2) is 28.7 Å². The fourth-order valence-electron chi connectivity index (χ4n) is 1.54. The Morgan fingerprint density at radius 1 is 1.39 bits per heavy atom. The maximum atomic E-state index is 13.5. The second-order valence-electron chi connectivity index (χ2n) is 3.51. The molecule has 2 aromatic rings. The molecule has 1 aromatic carbocycles. The van der Waals surface area contributed by atoms with Crippen LogP contribution >= 0.6 is 54.8 Å². The monoisotopic (exact) mass is 412 g/mol. The largest absolute Gasteiger partial charge is 0.496 e. The quantitative estimate of drug-likeness (QED) is 0.577. The van der Waals surface area contributed by atoms with Crippen LogP contribution in [0.3, 0.4) is 0 Å². The Hall–Kier alpha value is -0.100. The number of thiophene rings is 1. The first kappa shape index (κ1) is 14.3. The van der Waals surface area contributed by atoms with Crippen LogP contribution in [0.5, 0.6) is 5.75 Å². The third-order valence-electron chi connectivity index (χ3n) is 2.39. The van der Waals surface area contributed by atoms with E-state index in [-0.39, 0.29) is 10.6 Å². The van der Waals surface area contributed by atoms with Gasteiger partial charge in [0, 0.05) is 16.5 Å². The molecule has 0 spiro atoms. The summed E-state index contributed by atoms with van der Waals surface area (Å²) in [7, 11) is 1.52. The summed E-state index contributed by atoms with van der Waals surface area (Å²) in [4.78, 5) is 0.957. The minimum atomic E-state index is -0.348. The van der Waals surface area contributed by atoms with Gasteiger partial charge in [-0.05, 0) is 34.1 Å². The van der Waals surface area contributed by atoms with Crippen molar-refractivity contribution in [1.29, 1.82) is 0 Å². The molecule has 1 nitrogen and oxygen atoms in total. The molecule has 0 amide bonds. The Labute approximate surface area is 130 Å². The van der Waals surface area contributed by atoms with E-state index in [1.807, 2.05) is 12.1 Å². The second-order valence-corrected chi connectivity index (χ2v) is 7.03. The summed E-state index contributed by atoms with van der Waals surface area (Å²) >= 11 is 14.2. The average molecular weight is 415 g/mol. The molecular weight excluding hydrogens is 406 g/mol. The number of hydrogen-bond donors (Lipinski definition) is 0. The van der Waals surface area contributed by atoms with Crippen LogP contribution in [-0.2, 0) is 0 Å². The van der Waals surface area contributed by atoms with Gasteiger partial charge in [-0.15, -0.1) is 11.3 Å². The van der Waals surface area contributed by atoms with Gasteiger partial charge in [-0.2, -0.15) is 0 Å². The van der Waals surface area contributed by atoms with Gasteiger partial charge < -0.3 is 4.74 Å². The molecular formula is C12H8Br2ClFOS. The summed E-state index contributed by atoms with van der Waals surface area (Å²) in [6, 6.07) is 6.84. The molecule has 6 heteroatoms. The van der Waals surface area contributed by atoms with Crippen molar-refractivity contribution in [3.05, 3.63) is 49.3 Å². The Morgan fingerprint density at radius 2 is 2.11 bits per heavy atom. The number of rotatable bonds is 3. The summed E-state index contributed by atoms with van der Waals surface area (Å²) in [5.41, 5.74) is 0.851. The number of methoxy groups -OCH3 is 1. The van der Waals surface area contributed by atoms with E-state index in [9.17, 15) is 4.39 Å². The molecule has 0 aliphatic rings. The summed E-state index contributed by atoms with van der Waals surface area (Å²) < 4.78 is 19.8. The molecule has 0 bridgehead atoms. The van der Waals surface area contributed by atoms with E-state index in [1.54, 1.807) is 6.07 Å². The minimum Gasteiger partial charge on any atom is -0.496 e. The number of ether oxygens (including phenoxy) is 1. The highest BCUT2D eigenvalue weighted by atomic mass is 79.9. The van der Waals surface area contributed by atoms with Crippen molar-refractivity contribution < 1.29 is 9.13 Å². The predicted octanol–water partition coefficient (Wildman–Crippen LogP) is 5.80. The van der Waals surface area contributed by atoms with Gasteiger partial charge in [-0.1, -0.05) is 27.5 Å². The summed E-state index contributed by atoms with van der Waals surface area (Å²) in [5, 5.41) is 0. The van der Waals surface area contributed by atoms with Crippen LogP contribution in [0, 0.1) is 5.82 Å². The zero-order chi connectivity index (χ0) is 13.3. The second kappa shape index (κ2) is 5.90. The first-order valence-electron chi connectivity index (χ1n) is 4.95. The van der Waals surface area contributed by atoms with E-state index >= 15 is 0 Å². The summed E-state index contributed by atoms with van der Waals surface area (Å²) in [6.07, 6.45) is 0. The number of hydrogen-bond acceptors (Lipinski definition) is 2. The summed E-state index contributed by atoms with van der Waals surface area (Å²) in [5.74, 6) is 0.154. The summed E-state index contributed by atoms with van der Waals surface area (Å²) in [6.45, 7) is 0. The molecule has 0 N–H and O–H groups in total. The molecule has 1 atom stereocenters. The molecule has 0 radical (unpaired) electrons. The van der Waals surface area contributed by atoms with E-state index < -0.39 is 0 Å². The van der Waals surface area contributed by atoms with Gasteiger partial charge in [-0.25, -0.2) is 4.39 Å². The van der Waals surface area contributed by atoms with Gasteiger partial charge in [0.1, 0.15) is 11.6 Å². The Balaban J connectivity index is 2.46. The van der Waals surface area contributed by atoms with Gasteiger partial charge in [0.25, 0.3) is 0 Å². The van der Waals surface area contributed by atoms with Crippen molar-refractivity contribution in [2.24, 2.45) is 0 Å². The maximum absolute atomic E-state index is 13.5. The highest BCUT2D eigenvalue weighted by Gasteiger charge is 2.19. The zero-order valence-corrected chi connectivity index (χ0v) is 14.0. The Morgan fingerprint density at radius 3 is 2.67 bits per heavy atom. The van der Waals surface area contributed by atoms with Crippen LogP contribution in [-0.4, -0.2) is 7.11 Å². The molecule has 0 saturated heterocycles. The highest BCUT2D eigenvalue weighted by Crippen LogP contribution is 2.42. The normalized spacial score (nSPS) is 12.5. The van der Waals surface area contributed by atoms with E-state index in [2.05, 4.69) is 31.9 Å². The topological polar surface area (TPSA) is 9.23 Å². The van der Waals surface area contributed by atoms with Crippen LogP contribution in [0.2, 0.25) is 4.34 Å². The molecule has 18 heavy (non-hydrogen) atoms. The molecule has 0 fully saturated rings. The first-order valence-corrected chi connectivity index (χ1v) is 7.85. The van der Waals surface area contributed by atoms with E-state index in [0.717, 1.165) is 14.8 Å². The first-order chi connectivity index (χ1) is 8.52. The molecule has 2 rings (SSSR count). The van der Waals surface area contributed by atoms with Crippen molar-refractivity contribution in [2.75, 3.05) is 7.11 Å². The Bertz CT molecular complexity index is 573. The molecule has 0 saturated carbocycles. The van der Waals surface area contributed by atoms with Crippen LogP contribution in [0.1, 0.15) is 15.3 Å². The molecule has 96 valence electrons. The number of benzene rings is 1. The standard InChI is InChI=1S/C12H8Br2ClFOS/c1-17-9-5-8(16)7(13)4-6(9)12(14)10-2-3-11(15)18-10/h2-5,12H,1H3. The molecule has 1 heterocycles.